The number of hydrogen-bond acceptors (Lipinski definition) is 1. The van der Waals surface area contributed by atoms with E-state index in [9.17, 15) is 4.21 Å². The largest absolute Gasteiger partial charge is 0.243 e. The van der Waals surface area contributed by atoms with Crippen LogP contribution >= 0.6 is 0 Å². The van der Waals surface area contributed by atoms with Crippen LogP contribution in [0.25, 0.3) is 0 Å². The molecule has 0 bridgehead atoms. The third-order valence-electron chi connectivity index (χ3n) is 1.06. The van der Waals surface area contributed by atoms with Gasteiger partial charge in [0.2, 0.25) is 0 Å². The summed E-state index contributed by atoms with van der Waals surface area (Å²) in [7, 11) is -0.778. The predicted octanol–water partition coefficient (Wildman–Crippen LogP) is 1.06. The second-order valence-corrected chi connectivity index (χ2v) is 3.44. The Morgan fingerprint density at radius 2 is 2.11 bits per heavy atom. The van der Waals surface area contributed by atoms with Gasteiger partial charge in [-0.3, -0.25) is 0 Å². The molecule has 0 rings (SSSR count). The molecule has 0 saturated carbocycles. The van der Waals surface area contributed by atoms with Crippen LogP contribution in [0.2, 0.25) is 0 Å². The Morgan fingerprint density at radius 3 is 2.56 bits per heavy atom. The van der Waals surface area contributed by atoms with Crippen LogP contribution in [0.15, 0.2) is 0 Å². The van der Waals surface area contributed by atoms with Crippen molar-refractivity contribution in [2.24, 2.45) is 0 Å². The van der Waals surface area contributed by atoms with Gasteiger partial charge in [0.25, 0.3) is 0 Å². The highest BCUT2D eigenvalue weighted by atomic mass is 32.2. The summed E-state index contributed by atoms with van der Waals surface area (Å²) in [6, 6.07) is 0. The Bertz CT molecular complexity index is 85.1. The van der Waals surface area contributed by atoms with Gasteiger partial charge in [-0.1, -0.05) is 20.3 Å². The molecule has 0 aliphatic carbocycles. The van der Waals surface area contributed by atoms with E-state index in [0.29, 0.717) is 5.75 Å². The fraction of sp³-hybridized carbons (Fsp3) is 1.00. The number of nitrogens with one attached hydrogen (secondary N) is 1. The van der Waals surface area contributed by atoms with E-state index in [1.54, 1.807) is 0 Å². The molecular formula is C6H15NOS. The maximum Gasteiger partial charge on any atom is 0.0912 e. The van der Waals surface area contributed by atoms with Gasteiger partial charge in [0.1, 0.15) is 0 Å². The Labute approximate surface area is 59.6 Å². The molecule has 2 nitrogen and oxygen atoms in total. The first-order valence-electron chi connectivity index (χ1n) is 3.43. The van der Waals surface area contributed by atoms with Crippen molar-refractivity contribution in [1.82, 2.24) is 4.72 Å². The quantitative estimate of drug-likeness (QED) is 0.582. The summed E-state index contributed by atoms with van der Waals surface area (Å²) in [6.45, 7) is 4.92. The summed E-state index contributed by atoms with van der Waals surface area (Å²) in [6.07, 6.45) is 2.28. The van der Waals surface area contributed by atoms with Crippen molar-refractivity contribution in [3.8, 4) is 0 Å². The van der Waals surface area contributed by atoms with E-state index in [-0.39, 0.29) is 0 Å². The number of hydrogen-bond donors (Lipinski definition) is 1. The molecule has 0 radical (unpaired) electrons. The first-order valence-corrected chi connectivity index (χ1v) is 4.75. The molecule has 0 aliphatic heterocycles. The van der Waals surface area contributed by atoms with Crippen molar-refractivity contribution in [3.05, 3.63) is 0 Å². The summed E-state index contributed by atoms with van der Waals surface area (Å²) in [5.74, 6) is 0.712. The van der Waals surface area contributed by atoms with E-state index in [2.05, 4.69) is 11.6 Å². The molecule has 0 saturated heterocycles. The molecule has 9 heavy (non-hydrogen) atoms. The SMILES string of the molecule is CCCCNS(=O)CC. The van der Waals surface area contributed by atoms with Crippen LogP contribution in [0.4, 0.5) is 0 Å². The number of rotatable bonds is 5. The van der Waals surface area contributed by atoms with Crippen molar-refractivity contribution in [3.63, 3.8) is 0 Å². The number of unbranched alkanes of at least 4 members (excludes halogenated alkanes) is 1. The van der Waals surface area contributed by atoms with Crippen molar-refractivity contribution in [1.29, 1.82) is 0 Å². The fourth-order valence-electron chi connectivity index (χ4n) is 0.465. The fourth-order valence-corrected chi connectivity index (χ4v) is 1.04. The van der Waals surface area contributed by atoms with Gasteiger partial charge in [-0.05, 0) is 6.42 Å². The molecule has 3 heteroatoms. The second kappa shape index (κ2) is 6.23. The lowest BCUT2D eigenvalue weighted by atomic mass is 10.3. The Morgan fingerprint density at radius 1 is 1.44 bits per heavy atom. The minimum absolute atomic E-state index is 0.712. The minimum atomic E-state index is -0.778. The Balaban J connectivity index is 2.97. The van der Waals surface area contributed by atoms with Crippen LogP contribution in [0.1, 0.15) is 26.7 Å². The average molecular weight is 149 g/mol. The molecule has 0 heterocycles. The lowest BCUT2D eigenvalue weighted by molar-refractivity contribution is 0.666. The lowest BCUT2D eigenvalue weighted by Gasteiger charge is -1.98. The van der Waals surface area contributed by atoms with Crippen LogP contribution < -0.4 is 4.72 Å². The third-order valence-corrected chi connectivity index (χ3v) is 2.11. The van der Waals surface area contributed by atoms with Crippen molar-refractivity contribution >= 4 is 11.0 Å². The van der Waals surface area contributed by atoms with E-state index in [1.807, 2.05) is 6.92 Å². The van der Waals surface area contributed by atoms with Gasteiger partial charge >= 0.3 is 0 Å². The van der Waals surface area contributed by atoms with Crippen molar-refractivity contribution in [2.75, 3.05) is 12.3 Å². The first kappa shape index (κ1) is 9.11. The van der Waals surface area contributed by atoms with Crippen LogP contribution in [-0.2, 0) is 11.0 Å². The van der Waals surface area contributed by atoms with Gasteiger partial charge in [-0.2, -0.15) is 0 Å². The van der Waals surface area contributed by atoms with Gasteiger partial charge in [-0.25, -0.2) is 8.93 Å². The minimum Gasteiger partial charge on any atom is -0.243 e. The van der Waals surface area contributed by atoms with Gasteiger partial charge < -0.3 is 0 Å². The normalized spacial score (nSPS) is 13.6. The molecule has 0 aromatic heterocycles. The summed E-state index contributed by atoms with van der Waals surface area (Å²) in [5, 5.41) is 0. The summed E-state index contributed by atoms with van der Waals surface area (Å²) >= 11 is 0. The summed E-state index contributed by atoms with van der Waals surface area (Å²) in [4.78, 5) is 0. The maximum atomic E-state index is 10.7. The molecule has 56 valence electrons. The molecular weight excluding hydrogens is 134 g/mol. The second-order valence-electron chi connectivity index (χ2n) is 1.88. The zero-order valence-corrected chi connectivity index (χ0v) is 6.96. The Kier molecular flexibility index (Phi) is 6.31. The lowest BCUT2D eigenvalue weighted by Crippen LogP contribution is -2.19. The van der Waals surface area contributed by atoms with Crippen LogP contribution in [-0.4, -0.2) is 16.5 Å². The highest BCUT2D eigenvalue weighted by Crippen LogP contribution is 1.83. The molecule has 1 atom stereocenters. The molecule has 0 fully saturated rings. The van der Waals surface area contributed by atoms with Gasteiger partial charge in [-0.15, -0.1) is 0 Å². The Hall–Kier alpha value is 0.110. The first-order chi connectivity index (χ1) is 4.31. The van der Waals surface area contributed by atoms with Gasteiger partial charge in [0.05, 0.1) is 11.0 Å². The zero-order chi connectivity index (χ0) is 7.11. The van der Waals surface area contributed by atoms with Crippen molar-refractivity contribution in [2.45, 2.75) is 26.7 Å². The van der Waals surface area contributed by atoms with E-state index in [1.165, 1.54) is 0 Å². The standard InChI is InChI=1S/C6H15NOS/c1-3-5-6-7-9(8)4-2/h7H,3-6H2,1-2H3. The van der Waals surface area contributed by atoms with E-state index in [0.717, 1.165) is 19.4 Å². The van der Waals surface area contributed by atoms with E-state index < -0.39 is 11.0 Å². The van der Waals surface area contributed by atoms with Crippen molar-refractivity contribution < 1.29 is 4.21 Å². The smallest absolute Gasteiger partial charge is 0.0912 e. The predicted molar refractivity (Wildman–Crippen MR) is 41.6 cm³/mol. The van der Waals surface area contributed by atoms with Gasteiger partial charge in [0.15, 0.2) is 0 Å². The molecule has 1 N–H and O–H groups in total. The van der Waals surface area contributed by atoms with Crippen LogP contribution in [0, 0.1) is 0 Å². The topological polar surface area (TPSA) is 29.1 Å². The van der Waals surface area contributed by atoms with Crippen LogP contribution in [0.3, 0.4) is 0 Å². The summed E-state index contributed by atoms with van der Waals surface area (Å²) in [5.41, 5.74) is 0. The molecule has 0 aromatic carbocycles. The van der Waals surface area contributed by atoms with E-state index >= 15 is 0 Å². The average Bonchev–Trinajstić information content (AvgIpc) is 1.89. The molecule has 1 unspecified atom stereocenters. The highest BCUT2D eigenvalue weighted by molar-refractivity contribution is 7.82. The van der Waals surface area contributed by atoms with Gasteiger partial charge in [0, 0.05) is 12.3 Å². The maximum absolute atomic E-state index is 10.7. The molecule has 0 spiro atoms. The monoisotopic (exact) mass is 149 g/mol. The third kappa shape index (κ3) is 5.99. The zero-order valence-electron chi connectivity index (χ0n) is 6.14. The summed E-state index contributed by atoms with van der Waals surface area (Å²) < 4.78 is 13.6. The van der Waals surface area contributed by atoms with Crippen LogP contribution in [0.5, 0.6) is 0 Å². The molecule has 0 aromatic rings. The molecule has 0 aliphatic rings. The highest BCUT2D eigenvalue weighted by Gasteiger charge is 1.90. The molecule has 0 amide bonds. The van der Waals surface area contributed by atoms with E-state index in [4.69, 9.17) is 0 Å².